The van der Waals surface area contributed by atoms with Crippen molar-refractivity contribution in [3.8, 4) is 0 Å². The first kappa shape index (κ1) is 10.3. The molecule has 0 aromatic carbocycles. The summed E-state index contributed by atoms with van der Waals surface area (Å²) in [4.78, 5) is 0. The number of nitrogens with one attached hydrogen (secondary N) is 1. The molecule has 0 saturated carbocycles. The number of nitrogens with zero attached hydrogens (tertiary/aromatic N) is 1. The largest absolute Gasteiger partial charge is 0.346 e. The predicted octanol–water partition coefficient (Wildman–Crippen LogP) is 3.03. The molecule has 1 aromatic heterocycles. The van der Waals surface area contributed by atoms with E-state index in [1.807, 2.05) is 13.1 Å². The van der Waals surface area contributed by atoms with Crippen LogP contribution in [0.1, 0.15) is 24.6 Å². The van der Waals surface area contributed by atoms with Crippen molar-refractivity contribution in [1.82, 2.24) is 9.88 Å². The summed E-state index contributed by atoms with van der Waals surface area (Å²) < 4.78 is 2.21. The van der Waals surface area contributed by atoms with Crippen LogP contribution in [-0.4, -0.2) is 17.7 Å². The SMILES string of the molecule is Cc1c(Cl)c(Cl)cn1C1CCNCC1. The minimum Gasteiger partial charge on any atom is -0.346 e. The van der Waals surface area contributed by atoms with E-state index in [2.05, 4.69) is 9.88 Å². The Labute approximate surface area is 94.2 Å². The zero-order chi connectivity index (χ0) is 10.1. The summed E-state index contributed by atoms with van der Waals surface area (Å²) in [6, 6.07) is 0.557. The summed E-state index contributed by atoms with van der Waals surface area (Å²) in [6.45, 7) is 4.19. The van der Waals surface area contributed by atoms with Crippen molar-refractivity contribution in [2.45, 2.75) is 25.8 Å². The van der Waals surface area contributed by atoms with Crippen LogP contribution in [0.5, 0.6) is 0 Å². The van der Waals surface area contributed by atoms with Gasteiger partial charge in [0.25, 0.3) is 0 Å². The molecule has 2 nitrogen and oxygen atoms in total. The van der Waals surface area contributed by atoms with E-state index < -0.39 is 0 Å². The molecule has 1 saturated heterocycles. The molecule has 14 heavy (non-hydrogen) atoms. The molecule has 0 bridgehead atoms. The van der Waals surface area contributed by atoms with E-state index in [-0.39, 0.29) is 0 Å². The van der Waals surface area contributed by atoms with Crippen molar-refractivity contribution in [1.29, 1.82) is 0 Å². The van der Waals surface area contributed by atoms with Gasteiger partial charge in [-0.3, -0.25) is 0 Å². The van der Waals surface area contributed by atoms with Crippen molar-refractivity contribution in [2.24, 2.45) is 0 Å². The molecule has 2 rings (SSSR count). The zero-order valence-electron chi connectivity index (χ0n) is 8.19. The minimum absolute atomic E-state index is 0.557. The summed E-state index contributed by atoms with van der Waals surface area (Å²) in [7, 11) is 0. The molecule has 1 N–H and O–H groups in total. The van der Waals surface area contributed by atoms with Gasteiger partial charge in [-0.2, -0.15) is 0 Å². The quantitative estimate of drug-likeness (QED) is 0.788. The van der Waals surface area contributed by atoms with Gasteiger partial charge in [0.15, 0.2) is 0 Å². The van der Waals surface area contributed by atoms with Crippen LogP contribution in [-0.2, 0) is 0 Å². The van der Waals surface area contributed by atoms with Gasteiger partial charge in [0.2, 0.25) is 0 Å². The molecule has 0 spiro atoms. The summed E-state index contributed by atoms with van der Waals surface area (Å²) >= 11 is 12.0. The molecule has 1 fully saturated rings. The second kappa shape index (κ2) is 4.13. The second-order valence-corrected chi connectivity index (χ2v) is 4.55. The first-order valence-corrected chi connectivity index (χ1v) is 5.69. The highest BCUT2D eigenvalue weighted by Gasteiger charge is 2.18. The molecule has 78 valence electrons. The van der Waals surface area contributed by atoms with E-state index in [0.717, 1.165) is 31.6 Å². The fourth-order valence-corrected chi connectivity index (χ4v) is 2.41. The topological polar surface area (TPSA) is 17.0 Å². The fraction of sp³-hybridized carbons (Fsp3) is 0.600. The maximum Gasteiger partial charge on any atom is 0.0798 e. The molecule has 4 heteroatoms. The van der Waals surface area contributed by atoms with Crippen LogP contribution in [0, 0.1) is 6.92 Å². The zero-order valence-corrected chi connectivity index (χ0v) is 9.70. The first-order valence-electron chi connectivity index (χ1n) is 4.93. The molecule has 2 heterocycles. The summed E-state index contributed by atoms with van der Waals surface area (Å²) in [6.07, 6.45) is 4.26. The second-order valence-electron chi connectivity index (χ2n) is 3.76. The Morgan fingerprint density at radius 3 is 2.50 bits per heavy atom. The fourth-order valence-electron chi connectivity index (χ4n) is 2.03. The summed E-state index contributed by atoms with van der Waals surface area (Å²) in [5, 5.41) is 4.71. The Morgan fingerprint density at radius 1 is 1.36 bits per heavy atom. The van der Waals surface area contributed by atoms with Crippen molar-refractivity contribution in [3.05, 3.63) is 21.9 Å². The Hall–Kier alpha value is -0.180. The van der Waals surface area contributed by atoms with Crippen molar-refractivity contribution < 1.29 is 0 Å². The Bertz CT molecular complexity index is 327. The van der Waals surface area contributed by atoms with Gasteiger partial charge in [0.1, 0.15) is 0 Å². The summed E-state index contributed by atoms with van der Waals surface area (Å²) in [5.41, 5.74) is 1.09. The molecule has 0 unspecified atom stereocenters. The van der Waals surface area contributed by atoms with E-state index in [1.165, 1.54) is 0 Å². The van der Waals surface area contributed by atoms with E-state index in [1.54, 1.807) is 0 Å². The van der Waals surface area contributed by atoms with Crippen LogP contribution in [0.2, 0.25) is 10.0 Å². The molecule has 0 aliphatic carbocycles. The highest BCUT2D eigenvalue weighted by atomic mass is 35.5. The third-order valence-electron chi connectivity index (χ3n) is 2.87. The van der Waals surface area contributed by atoms with Crippen LogP contribution in [0.4, 0.5) is 0 Å². The van der Waals surface area contributed by atoms with Gasteiger partial charge < -0.3 is 9.88 Å². The third-order valence-corrected chi connectivity index (χ3v) is 3.73. The number of rotatable bonds is 1. The number of hydrogen-bond donors (Lipinski definition) is 1. The molecule has 1 aliphatic heterocycles. The van der Waals surface area contributed by atoms with Gasteiger partial charge in [0, 0.05) is 17.9 Å². The molecular weight excluding hydrogens is 219 g/mol. The lowest BCUT2D eigenvalue weighted by Gasteiger charge is -2.25. The van der Waals surface area contributed by atoms with E-state index in [4.69, 9.17) is 23.2 Å². The predicted molar refractivity (Wildman–Crippen MR) is 60.3 cm³/mol. The Kier molecular flexibility index (Phi) is 3.05. The lowest BCUT2D eigenvalue weighted by Crippen LogP contribution is -2.29. The van der Waals surface area contributed by atoms with Gasteiger partial charge in [0.05, 0.1) is 10.0 Å². The smallest absolute Gasteiger partial charge is 0.0798 e. The summed E-state index contributed by atoms with van der Waals surface area (Å²) in [5.74, 6) is 0. The number of halogens is 2. The van der Waals surface area contributed by atoms with Crippen LogP contribution >= 0.6 is 23.2 Å². The highest BCUT2D eigenvalue weighted by Crippen LogP contribution is 2.32. The number of piperidine rings is 1. The standard InChI is InChI=1S/C10H14Cl2N2/c1-7-10(12)9(11)6-14(7)8-2-4-13-5-3-8/h6,8,13H,2-5H2,1H3. The van der Waals surface area contributed by atoms with Crippen molar-refractivity contribution in [3.63, 3.8) is 0 Å². The van der Waals surface area contributed by atoms with Crippen LogP contribution in [0.3, 0.4) is 0 Å². The van der Waals surface area contributed by atoms with Crippen LogP contribution in [0.25, 0.3) is 0 Å². The monoisotopic (exact) mass is 232 g/mol. The highest BCUT2D eigenvalue weighted by molar-refractivity contribution is 6.42. The number of aromatic nitrogens is 1. The van der Waals surface area contributed by atoms with Gasteiger partial charge >= 0.3 is 0 Å². The Balaban J connectivity index is 2.26. The molecule has 0 atom stereocenters. The first-order chi connectivity index (χ1) is 6.70. The van der Waals surface area contributed by atoms with Gasteiger partial charge in [-0.25, -0.2) is 0 Å². The molecule has 1 aromatic rings. The molecule has 0 amide bonds. The van der Waals surface area contributed by atoms with Crippen LogP contribution in [0.15, 0.2) is 6.20 Å². The van der Waals surface area contributed by atoms with E-state index in [9.17, 15) is 0 Å². The number of hydrogen-bond acceptors (Lipinski definition) is 1. The lowest BCUT2D eigenvalue weighted by molar-refractivity contribution is 0.365. The van der Waals surface area contributed by atoms with Crippen molar-refractivity contribution >= 4 is 23.2 Å². The normalized spacial score (nSPS) is 18.8. The van der Waals surface area contributed by atoms with E-state index in [0.29, 0.717) is 16.1 Å². The van der Waals surface area contributed by atoms with Gasteiger partial charge in [-0.15, -0.1) is 0 Å². The molecule has 0 radical (unpaired) electrons. The molecular formula is C10H14Cl2N2. The molecule has 1 aliphatic rings. The van der Waals surface area contributed by atoms with Crippen molar-refractivity contribution in [2.75, 3.05) is 13.1 Å². The van der Waals surface area contributed by atoms with Gasteiger partial charge in [-0.1, -0.05) is 23.2 Å². The van der Waals surface area contributed by atoms with Crippen LogP contribution < -0.4 is 5.32 Å². The maximum atomic E-state index is 6.05. The Morgan fingerprint density at radius 2 is 2.00 bits per heavy atom. The van der Waals surface area contributed by atoms with E-state index >= 15 is 0 Å². The van der Waals surface area contributed by atoms with Gasteiger partial charge in [-0.05, 0) is 32.9 Å². The average Bonchev–Trinajstić information content (AvgIpc) is 2.47. The third kappa shape index (κ3) is 1.79. The maximum absolute atomic E-state index is 6.05. The minimum atomic E-state index is 0.557. The lowest BCUT2D eigenvalue weighted by atomic mass is 10.1. The average molecular weight is 233 g/mol.